The summed E-state index contributed by atoms with van der Waals surface area (Å²) in [4.78, 5) is 37.7. The van der Waals surface area contributed by atoms with E-state index in [0.717, 1.165) is 38.5 Å². The first-order chi connectivity index (χ1) is 30.0. The van der Waals surface area contributed by atoms with Crippen LogP contribution in [-0.2, 0) is 32.7 Å². The largest absolute Gasteiger partial charge is 0.756 e. The number of carbonyl (C=O) groups excluding carboxylic acids is 2. The number of nitrogens with zero attached hydrogens (tertiary/aromatic N) is 1. The van der Waals surface area contributed by atoms with Crippen molar-refractivity contribution in [3.63, 3.8) is 0 Å². The topological polar surface area (TPSA) is 111 Å². The summed E-state index contributed by atoms with van der Waals surface area (Å²) in [7, 11) is 1.16. The molecule has 366 valence electrons. The highest BCUT2D eigenvalue weighted by molar-refractivity contribution is 7.45. The highest BCUT2D eigenvalue weighted by Gasteiger charge is 2.21. The molecule has 0 bridgehead atoms. The van der Waals surface area contributed by atoms with Gasteiger partial charge in [-0.3, -0.25) is 14.2 Å². The van der Waals surface area contributed by atoms with Crippen molar-refractivity contribution in [1.82, 2.24) is 0 Å². The van der Waals surface area contributed by atoms with E-state index in [9.17, 15) is 19.0 Å². The maximum Gasteiger partial charge on any atom is 0.306 e. The van der Waals surface area contributed by atoms with Crippen LogP contribution in [0.25, 0.3) is 0 Å². The Bertz CT molecular complexity index is 1090. The summed E-state index contributed by atoms with van der Waals surface area (Å²) in [6.45, 7) is 5.76. The maximum atomic E-state index is 12.7. The second-order valence-corrected chi connectivity index (χ2v) is 20.4. The third-order valence-corrected chi connectivity index (χ3v) is 12.6. The van der Waals surface area contributed by atoms with Crippen LogP contribution in [-0.4, -0.2) is 70.0 Å². The van der Waals surface area contributed by atoms with E-state index in [-0.39, 0.29) is 32.0 Å². The van der Waals surface area contributed by atoms with Gasteiger partial charge in [0.15, 0.2) is 6.10 Å². The molecule has 0 spiro atoms. The number of hydrogen-bond acceptors (Lipinski definition) is 8. The Kier molecular flexibility index (Phi) is 43.6. The lowest BCUT2D eigenvalue weighted by Gasteiger charge is -2.28. The van der Waals surface area contributed by atoms with Gasteiger partial charge in [0, 0.05) is 12.8 Å². The fraction of sp³-hybridized carbons (Fsp3) is 0.885. The van der Waals surface area contributed by atoms with Crippen LogP contribution < -0.4 is 4.89 Å². The molecule has 0 aromatic heterocycles. The van der Waals surface area contributed by atoms with E-state index in [1.165, 1.54) is 180 Å². The number of esters is 2. The molecule has 0 saturated carbocycles. The van der Waals surface area contributed by atoms with Gasteiger partial charge in [0.1, 0.15) is 19.8 Å². The predicted molar refractivity (Wildman–Crippen MR) is 259 cm³/mol. The fourth-order valence-corrected chi connectivity index (χ4v) is 8.25. The molecule has 0 amide bonds. The lowest BCUT2D eigenvalue weighted by molar-refractivity contribution is -0.870. The molecule has 0 saturated heterocycles. The smallest absolute Gasteiger partial charge is 0.306 e. The maximum absolute atomic E-state index is 12.7. The third-order valence-electron chi connectivity index (χ3n) is 11.6. The Morgan fingerprint density at radius 3 is 1.35 bits per heavy atom. The number of carbonyl (C=O) groups is 2. The third kappa shape index (κ3) is 48.0. The van der Waals surface area contributed by atoms with Crippen molar-refractivity contribution in [2.45, 2.75) is 251 Å². The Morgan fingerprint density at radius 2 is 0.919 bits per heavy atom. The van der Waals surface area contributed by atoms with Crippen molar-refractivity contribution in [2.24, 2.45) is 0 Å². The summed E-state index contributed by atoms with van der Waals surface area (Å²) in [6, 6.07) is 0. The molecule has 0 rings (SSSR count). The summed E-state index contributed by atoms with van der Waals surface area (Å²) >= 11 is 0. The van der Waals surface area contributed by atoms with Gasteiger partial charge in [-0.2, -0.15) is 0 Å². The highest BCUT2D eigenvalue weighted by atomic mass is 31.2. The lowest BCUT2D eigenvalue weighted by Crippen LogP contribution is -2.37. The average molecular weight is 898 g/mol. The Morgan fingerprint density at radius 1 is 0.532 bits per heavy atom. The molecular weight excluding hydrogens is 798 g/mol. The summed E-state index contributed by atoms with van der Waals surface area (Å²) in [6.07, 6.45) is 49.7. The van der Waals surface area contributed by atoms with E-state index in [1.54, 1.807) is 0 Å². The van der Waals surface area contributed by atoms with E-state index in [0.29, 0.717) is 17.4 Å². The van der Waals surface area contributed by atoms with Crippen LogP contribution in [0.1, 0.15) is 244 Å². The molecule has 0 aromatic rings. The molecule has 0 aliphatic rings. The normalized spacial score (nSPS) is 13.4. The van der Waals surface area contributed by atoms with Crippen molar-refractivity contribution in [3.8, 4) is 0 Å². The second kappa shape index (κ2) is 44.7. The van der Waals surface area contributed by atoms with Gasteiger partial charge in [0.2, 0.25) is 0 Å². The number of rotatable bonds is 49. The molecule has 62 heavy (non-hydrogen) atoms. The molecule has 2 atom stereocenters. The number of unbranched alkanes of at least 4 members (excludes halogenated alkanes) is 32. The van der Waals surface area contributed by atoms with Gasteiger partial charge in [-0.05, 0) is 44.9 Å². The minimum atomic E-state index is -4.63. The average Bonchev–Trinajstić information content (AvgIpc) is 3.23. The number of allylic oxidation sites excluding steroid dienone is 3. The number of hydrogen-bond donors (Lipinski definition) is 0. The number of phosphoric ester groups is 1. The Labute approximate surface area is 383 Å². The Balaban J connectivity index is 4.21. The van der Waals surface area contributed by atoms with Gasteiger partial charge in [0.25, 0.3) is 7.82 Å². The quantitative estimate of drug-likeness (QED) is 0.0195. The van der Waals surface area contributed by atoms with E-state index >= 15 is 0 Å². The zero-order chi connectivity index (χ0) is 45.7. The van der Waals surface area contributed by atoms with Crippen LogP contribution in [0, 0.1) is 0 Å². The molecule has 1 unspecified atom stereocenters. The van der Waals surface area contributed by atoms with Gasteiger partial charge < -0.3 is 27.9 Å². The molecule has 9 nitrogen and oxygen atoms in total. The van der Waals surface area contributed by atoms with Gasteiger partial charge in [-0.15, -0.1) is 6.58 Å². The van der Waals surface area contributed by atoms with Crippen LogP contribution in [0.15, 0.2) is 24.8 Å². The molecule has 0 fully saturated rings. The minimum Gasteiger partial charge on any atom is -0.756 e. The first-order valence-corrected chi connectivity index (χ1v) is 27.5. The molecule has 0 N–H and O–H groups in total. The van der Waals surface area contributed by atoms with Crippen LogP contribution in [0.5, 0.6) is 0 Å². The zero-order valence-electron chi connectivity index (χ0n) is 41.2. The molecule has 10 heteroatoms. The van der Waals surface area contributed by atoms with Crippen molar-refractivity contribution in [1.29, 1.82) is 0 Å². The summed E-state index contributed by atoms with van der Waals surface area (Å²) in [5, 5.41) is 0. The monoisotopic (exact) mass is 898 g/mol. The molecule has 0 radical (unpaired) electrons. The SMILES string of the molecule is C=CCCCCCCCCCCCCCCCC(=O)OC[C@H](COP(=O)([O-])OCC[N+](C)(C)C)OC(=O)CCC/C=C/CCCCCCCCCCCCCCCCCCCC. The molecule has 0 aliphatic heterocycles. The molecule has 0 aromatic carbocycles. The van der Waals surface area contributed by atoms with Crippen molar-refractivity contribution >= 4 is 19.8 Å². The highest BCUT2D eigenvalue weighted by Crippen LogP contribution is 2.38. The van der Waals surface area contributed by atoms with Gasteiger partial charge in [-0.25, -0.2) is 0 Å². The van der Waals surface area contributed by atoms with Gasteiger partial charge >= 0.3 is 11.9 Å². The molecular formula is C52H100NO8P. The summed E-state index contributed by atoms with van der Waals surface area (Å²) in [5.74, 6) is -0.863. The zero-order valence-corrected chi connectivity index (χ0v) is 42.1. The second-order valence-electron chi connectivity index (χ2n) is 19.0. The standard InChI is InChI=1S/C52H100NO8P/c1-6-8-10-12-14-16-18-20-22-23-24-25-26-27-28-29-31-33-35-37-39-41-43-45-52(55)61-50(49-60-62(56,57)59-47-46-53(3,4)5)48-58-51(54)44-42-40-38-36-34-32-30-21-19-17-15-13-11-9-7-2/h7,37,39,50H,2,6,8-36,38,40-49H2,1,3-5H3/b39-37+/t50-/m1/s1. The van der Waals surface area contributed by atoms with E-state index in [2.05, 4.69) is 25.7 Å². The first kappa shape index (κ1) is 60.5. The molecule has 0 aliphatic carbocycles. The first-order valence-electron chi connectivity index (χ1n) is 26.0. The van der Waals surface area contributed by atoms with Crippen molar-refractivity contribution in [2.75, 3.05) is 47.5 Å². The molecule has 0 heterocycles. The predicted octanol–water partition coefficient (Wildman–Crippen LogP) is 14.8. The van der Waals surface area contributed by atoms with Crippen LogP contribution in [0.3, 0.4) is 0 Å². The summed E-state index contributed by atoms with van der Waals surface area (Å²) < 4.78 is 34.0. The van der Waals surface area contributed by atoms with E-state index < -0.39 is 26.5 Å². The fourth-order valence-electron chi connectivity index (χ4n) is 7.52. The van der Waals surface area contributed by atoms with Crippen molar-refractivity contribution in [3.05, 3.63) is 24.8 Å². The number of quaternary nitrogens is 1. The van der Waals surface area contributed by atoms with E-state index in [1.807, 2.05) is 27.2 Å². The van der Waals surface area contributed by atoms with Crippen LogP contribution in [0.4, 0.5) is 0 Å². The van der Waals surface area contributed by atoms with Crippen LogP contribution in [0.2, 0.25) is 0 Å². The summed E-state index contributed by atoms with van der Waals surface area (Å²) in [5.41, 5.74) is 0. The lowest BCUT2D eigenvalue weighted by atomic mass is 10.0. The number of phosphoric acid groups is 1. The van der Waals surface area contributed by atoms with Crippen LogP contribution >= 0.6 is 7.82 Å². The van der Waals surface area contributed by atoms with E-state index in [4.69, 9.17) is 18.5 Å². The van der Waals surface area contributed by atoms with Gasteiger partial charge in [-0.1, -0.05) is 205 Å². The van der Waals surface area contributed by atoms with Gasteiger partial charge in [0.05, 0.1) is 27.7 Å². The minimum absolute atomic E-state index is 0.0340. The van der Waals surface area contributed by atoms with Crippen molar-refractivity contribution < 1.29 is 42.1 Å². The Hall–Kier alpha value is -1.51. The number of ether oxygens (including phenoxy) is 2. The number of likely N-dealkylation sites (N-methyl/N-ethyl adjacent to an activating group) is 1.